The molecule has 0 saturated carbocycles. The first-order chi connectivity index (χ1) is 17.4. The Balaban J connectivity index is 1.33. The van der Waals surface area contributed by atoms with Gasteiger partial charge in [0.25, 0.3) is 5.56 Å². The molecule has 1 aliphatic rings. The van der Waals surface area contributed by atoms with Gasteiger partial charge in [-0.25, -0.2) is 4.98 Å². The summed E-state index contributed by atoms with van der Waals surface area (Å²) in [5, 5.41) is 23.3. The lowest BCUT2D eigenvalue weighted by atomic mass is 9.94. The molecule has 0 aliphatic carbocycles. The van der Waals surface area contributed by atoms with Gasteiger partial charge in [0, 0.05) is 56.1 Å². The molecule has 1 aliphatic heterocycles. The van der Waals surface area contributed by atoms with Crippen molar-refractivity contribution in [2.75, 3.05) is 19.7 Å². The smallest absolute Gasteiger partial charge is 0.293 e. The fourth-order valence-electron chi connectivity index (χ4n) is 4.26. The number of H-pyrrole nitrogens is 1. The van der Waals surface area contributed by atoms with Crippen LogP contribution in [0.15, 0.2) is 59.7 Å². The quantitative estimate of drug-likeness (QED) is 0.379. The SMILES string of the molecule is CC(=O)N1CC[C@@H](NCc2ccc(C#Cc3ccc([C@H](CO)Cc4nc[nH]c(=O)c4O)cc3)cc2)C1. The Morgan fingerprint density at radius 1 is 1.17 bits per heavy atom. The van der Waals surface area contributed by atoms with Crippen LogP contribution < -0.4 is 10.9 Å². The predicted molar refractivity (Wildman–Crippen MR) is 136 cm³/mol. The number of likely N-dealkylation sites (tertiary alicyclic amines) is 1. The van der Waals surface area contributed by atoms with Crippen molar-refractivity contribution < 1.29 is 15.0 Å². The molecule has 0 bridgehead atoms. The molecule has 0 unspecified atom stereocenters. The number of carbonyl (C=O) groups is 1. The van der Waals surface area contributed by atoms with Crippen molar-refractivity contribution in [2.45, 2.75) is 38.3 Å². The van der Waals surface area contributed by atoms with Gasteiger partial charge in [-0.2, -0.15) is 0 Å². The second-order valence-electron chi connectivity index (χ2n) is 9.01. The largest absolute Gasteiger partial charge is 0.502 e. The number of benzene rings is 2. The fraction of sp³-hybridized carbons (Fsp3) is 0.321. The van der Waals surface area contributed by atoms with E-state index in [9.17, 15) is 19.8 Å². The Hall–Kier alpha value is -3.93. The van der Waals surface area contributed by atoms with Gasteiger partial charge in [-0.15, -0.1) is 0 Å². The van der Waals surface area contributed by atoms with E-state index < -0.39 is 11.3 Å². The Morgan fingerprint density at radius 3 is 2.44 bits per heavy atom. The summed E-state index contributed by atoms with van der Waals surface area (Å²) in [6.07, 6.45) is 2.47. The van der Waals surface area contributed by atoms with Gasteiger partial charge in [-0.1, -0.05) is 36.1 Å². The average Bonchev–Trinajstić information content (AvgIpc) is 3.38. The number of nitrogens with one attached hydrogen (secondary N) is 2. The highest BCUT2D eigenvalue weighted by Gasteiger charge is 2.23. The Morgan fingerprint density at radius 2 is 1.83 bits per heavy atom. The topological polar surface area (TPSA) is 119 Å². The van der Waals surface area contributed by atoms with Gasteiger partial charge in [0.2, 0.25) is 11.7 Å². The molecular weight excluding hydrogens is 456 g/mol. The molecular formula is C28H30N4O4. The van der Waals surface area contributed by atoms with E-state index in [2.05, 4.69) is 39.3 Å². The van der Waals surface area contributed by atoms with Crippen LogP contribution in [0.3, 0.4) is 0 Å². The molecule has 2 heterocycles. The molecule has 8 heteroatoms. The fourth-order valence-corrected chi connectivity index (χ4v) is 4.26. The third-order valence-corrected chi connectivity index (χ3v) is 6.48. The van der Waals surface area contributed by atoms with E-state index in [1.54, 1.807) is 6.92 Å². The van der Waals surface area contributed by atoms with E-state index in [0.717, 1.165) is 42.7 Å². The van der Waals surface area contributed by atoms with E-state index in [-0.39, 0.29) is 30.5 Å². The predicted octanol–water partition coefficient (Wildman–Crippen LogP) is 1.90. The first-order valence-electron chi connectivity index (χ1n) is 12.0. The van der Waals surface area contributed by atoms with Crippen molar-refractivity contribution in [3.63, 3.8) is 0 Å². The minimum atomic E-state index is -0.596. The minimum absolute atomic E-state index is 0.132. The lowest BCUT2D eigenvalue weighted by molar-refractivity contribution is -0.127. The van der Waals surface area contributed by atoms with Gasteiger partial charge in [0.05, 0.1) is 18.6 Å². The molecule has 0 spiro atoms. The van der Waals surface area contributed by atoms with Crippen LogP contribution in [0.5, 0.6) is 5.75 Å². The monoisotopic (exact) mass is 486 g/mol. The number of rotatable bonds is 7. The van der Waals surface area contributed by atoms with E-state index in [1.807, 2.05) is 41.3 Å². The standard InChI is InChI=1S/C28H30N4O4/c1-19(34)32-13-12-25(16-32)29-15-22-6-4-20(5-7-22)2-3-21-8-10-23(11-9-21)24(17-33)14-26-27(35)28(36)31-18-30-26/h4-11,18,24-25,29,33,35H,12-17H2,1H3,(H,30,31,36)/t24-,25+/m0/s1. The third-order valence-electron chi connectivity index (χ3n) is 6.48. The van der Waals surface area contributed by atoms with Gasteiger partial charge in [-0.05, 0) is 41.8 Å². The zero-order chi connectivity index (χ0) is 25.5. The third kappa shape index (κ3) is 6.39. The van der Waals surface area contributed by atoms with Crippen LogP contribution in [0, 0.1) is 11.8 Å². The summed E-state index contributed by atoms with van der Waals surface area (Å²) < 4.78 is 0. The molecule has 186 valence electrons. The van der Waals surface area contributed by atoms with Crippen LogP contribution in [-0.2, 0) is 17.8 Å². The minimum Gasteiger partial charge on any atom is -0.502 e. The van der Waals surface area contributed by atoms with Crippen molar-refractivity contribution in [3.05, 3.63) is 93.2 Å². The number of aromatic nitrogens is 2. The zero-order valence-corrected chi connectivity index (χ0v) is 20.2. The summed E-state index contributed by atoms with van der Waals surface area (Å²) in [7, 11) is 0. The van der Waals surface area contributed by atoms with Gasteiger partial charge in [-0.3, -0.25) is 9.59 Å². The number of hydrogen-bond donors (Lipinski definition) is 4. The van der Waals surface area contributed by atoms with Crippen LogP contribution in [-0.4, -0.2) is 56.7 Å². The summed E-state index contributed by atoms with van der Waals surface area (Å²) in [6, 6.07) is 16.0. The normalized spacial score (nSPS) is 15.8. The summed E-state index contributed by atoms with van der Waals surface area (Å²) in [5.74, 6) is 5.75. The second kappa shape index (κ2) is 11.7. The number of carbonyl (C=O) groups excluding carboxylic acids is 1. The molecule has 2 aromatic carbocycles. The number of aromatic amines is 1. The van der Waals surface area contributed by atoms with Crippen LogP contribution in [0.4, 0.5) is 0 Å². The molecule has 1 saturated heterocycles. The number of hydrogen-bond acceptors (Lipinski definition) is 6. The molecule has 4 rings (SSSR count). The van der Waals surface area contributed by atoms with Gasteiger partial charge in [0.1, 0.15) is 0 Å². The molecule has 4 N–H and O–H groups in total. The first kappa shape index (κ1) is 25.2. The number of aromatic hydroxyl groups is 1. The molecule has 1 amide bonds. The van der Waals surface area contributed by atoms with Crippen molar-refractivity contribution in [1.82, 2.24) is 20.2 Å². The van der Waals surface area contributed by atoms with Crippen LogP contribution in [0.25, 0.3) is 0 Å². The van der Waals surface area contributed by atoms with E-state index in [0.29, 0.717) is 6.04 Å². The molecule has 8 nitrogen and oxygen atoms in total. The molecule has 1 aromatic heterocycles. The van der Waals surface area contributed by atoms with Gasteiger partial charge in [0.15, 0.2) is 0 Å². The highest BCUT2D eigenvalue weighted by atomic mass is 16.3. The maximum atomic E-state index is 11.6. The van der Waals surface area contributed by atoms with Gasteiger partial charge < -0.3 is 25.4 Å². The highest BCUT2D eigenvalue weighted by molar-refractivity contribution is 5.73. The zero-order valence-electron chi connectivity index (χ0n) is 20.2. The lowest BCUT2D eigenvalue weighted by Gasteiger charge is -2.15. The first-order valence-corrected chi connectivity index (χ1v) is 12.0. The molecule has 0 radical (unpaired) electrons. The van der Waals surface area contributed by atoms with Crippen LogP contribution in [0.1, 0.15) is 47.2 Å². The van der Waals surface area contributed by atoms with Crippen molar-refractivity contribution in [3.8, 4) is 17.6 Å². The second-order valence-corrected chi connectivity index (χ2v) is 9.01. The van der Waals surface area contributed by atoms with E-state index in [1.165, 1.54) is 11.9 Å². The number of aliphatic hydroxyl groups excluding tert-OH is 1. The van der Waals surface area contributed by atoms with Crippen LogP contribution >= 0.6 is 0 Å². The van der Waals surface area contributed by atoms with Crippen molar-refractivity contribution in [1.29, 1.82) is 0 Å². The van der Waals surface area contributed by atoms with Crippen molar-refractivity contribution >= 4 is 5.91 Å². The van der Waals surface area contributed by atoms with E-state index in [4.69, 9.17) is 0 Å². The Bertz CT molecular complexity index is 1310. The van der Waals surface area contributed by atoms with E-state index >= 15 is 0 Å². The van der Waals surface area contributed by atoms with Gasteiger partial charge >= 0.3 is 0 Å². The number of amides is 1. The van der Waals surface area contributed by atoms with Crippen LogP contribution in [0.2, 0.25) is 0 Å². The Labute approximate surface area is 210 Å². The maximum Gasteiger partial charge on any atom is 0.293 e. The van der Waals surface area contributed by atoms with Crippen molar-refractivity contribution in [2.24, 2.45) is 0 Å². The number of nitrogens with zero attached hydrogens (tertiary/aromatic N) is 2. The maximum absolute atomic E-state index is 11.6. The summed E-state index contributed by atoms with van der Waals surface area (Å²) in [4.78, 5) is 31.3. The summed E-state index contributed by atoms with van der Waals surface area (Å²) in [6.45, 7) is 3.81. The molecule has 1 fully saturated rings. The lowest BCUT2D eigenvalue weighted by Crippen LogP contribution is -2.33. The summed E-state index contributed by atoms with van der Waals surface area (Å²) in [5.41, 5.74) is 3.45. The molecule has 36 heavy (non-hydrogen) atoms. The average molecular weight is 487 g/mol. The summed E-state index contributed by atoms with van der Waals surface area (Å²) >= 11 is 0. The molecule has 3 aromatic rings. The molecule has 2 atom stereocenters. The Kier molecular flexibility index (Phi) is 8.16. The number of aliphatic hydroxyl groups is 1. The highest BCUT2D eigenvalue weighted by Crippen LogP contribution is 2.22.